The molecule has 0 aliphatic heterocycles. The number of para-hydroxylation sites is 1. The number of benzene rings is 1. The second-order valence-electron chi connectivity index (χ2n) is 5.89. The molecule has 0 bridgehead atoms. The molecule has 0 saturated heterocycles. The molecular formula is C19H29NO5. The van der Waals surface area contributed by atoms with Crippen LogP contribution in [0.5, 0.6) is 5.75 Å². The summed E-state index contributed by atoms with van der Waals surface area (Å²) in [7, 11) is 1.25. The number of esters is 1. The molecule has 0 aliphatic rings. The van der Waals surface area contributed by atoms with Crippen LogP contribution < -0.4 is 10.5 Å². The fraction of sp³-hybridized carbons (Fsp3) is 0.579. The van der Waals surface area contributed by atoms with Gasteiger partial charge < -0.3 is 19.9 Å². The summed E-state index contributed by atoms with van der Waals surface area (Å²) in [5.74, 6) is -0.659. The second kappa shape index (κ2) is 12.2. The van der Waals surface area contributed by atoms with E-state index in [1.807, 2.05) is 0 Å². The first-order valence-electron chi connectivity index (χ1n) is 8.91. The molecule has 6 heteroatoms. The van der Waals surface area contributed by atoms with Crippen molar-refractivity contribution in [2.45, 2.75) is 58.3 Å². The third kappa shape index (κ3) is 7.92. The number of unbranched alkanes of at least 4 members (excludes halogenated alkanes) is 7. The van der Waals surface area contributed by atoms with Crippen molar-refractivity contribution in [2.24, 2.45) is 0 Å². The summed E-state index contributed by atoms with van der Waals surface area (Å²) < 4.78 is 14.8. The molecule has 1 rings (SSSR count). The maximum atomic E-state index is 11.8. The zero-order chi connectivity index (χ0) is 18.5. The first-order chi connectivity index (χ1) is 12.1. The van der Waals surface area contributed by atoms with Gasteiger partial charge in [-0.3, -0.25) is 0 Å². The number of ether oxygens (including phenoxy) is 3. The lowest BCUT2D eigenvalue weighted by atomic mass is 10.1. The fourth-order valence-electron chi connectivity index (χ4n) is 2.44. The van der Waals surface area contributed by atoms with Crippen molar-refractivity contribution in [3.05, 3.63) is 23.8 Å². The highest BCUT2D eigenvalue weighted by atomic mass is 16.7. The van der Waals surface area contributed by atoms with Gasteiger partial charge in [0.2, 0.25) is 0 Å². The van der Waals surface area contributed by atoms with E-state index in [1.165, 1.54) is 51.3 Å². The van der Waals surface area contributed by atoms with Crippen LogP contribution in [0.1, 0.15) is 68.6 Å². The van der Waals surface area contributed by atoms with E-state index in [0.717, 1.165) is 19.3 Å². The molecule has 0 atom stereocenters. The largest absolute Gasteiger partial charge is 0.513 e. The Morgan fingerprint density at radius 3 is 2.28 bits per heavy atom. The van der Waals surface area contributed by atoms with Gasteiger partial charge in [-0.25, -0.2) is 9.59 Å². The number of carbonyl (C=O) groups excluding carboxylic acids is 2. The molecule has 0 fully saturated rings. The summed E-state index contributed by atoms with van der Waals surface area (Å²) in [6.45, 7) is 2.49. The Hall–Kier alpha value is -2.24. The molecule has 6 nitrogen and oxygen atoms in total. The molecule has 0 radical (unpaired) electrons. The molecule has 0 heterocycles. The summed E-state index contributed by atoms with van der Waals surface area (Å²) in [5.41, 5.74) is 6.03. The van der Waals surface area contributed by atoms with Crippen LogP contribution in [-0.4, -0.2) is 25.8 Å². The van der Waals surface area contributed by atoms with Gasteiger partial charge in [0.1, 0.15) is 5.56 Å². The Morgan fingerprint density at radius 1 is 1.00 bits per heavy atom. The van der Waals surface area contributed by atoms with Crippen LogP contribution in [0.4, 0.5) is 10.5 Å². The van der Waals surface area contributed by atoms with Gasteiger partial charge >= 0.3 is 12.1 Å². The molecule has 25 heavy (non-hydrogen) atoms. The molecule has 0 aliphatic carbocycles. The normalized spacial score (nSPS) is 10.3. The number of methoxy groups -OCH3 is 1. The molecule has 0 unspecified atom stereocenters. The lowest BCUT2D eigenvalue weighted by Gasteiger charge is -2.11. The lowest BCUT2D eigenvalue weighted by Crippen LogP contribution is -2.15. The number of nitrogens with two attached hydrogens (primary N) is 1. The average Bonchev–Trinajstić information content (AvgIpc) is 2.61. The van der Waals surface area contributed by atoms with E-state index in [1.54, 1.807) is 6.07 Å². The third-order valence-corrected chi connectivity index (χ3v) is 3.85. The maximum Gasteiger partial charge on any atom is 0.513 e. The number of anilines is 1. The minimum atomic E-state index is -0.869. The lowest BCUT2D eigenvalue weighted by molar-refractivity contribution is 0.0594. The smallest absolute Gasteiger partial charge is 0.465 e. The van der Waals surface area contributed by atoms with Crippen molar-refractivity contribution >= 4 is 17.8 Å². The van der Waals surface area contributed by atoms with Crippen molar-refractivity contribution in [1.29, 1.82) is 0 Å². The van der Waals surface area contributed by atoms with Crippen LogP contribution in [0.3, 0.4) is 0 Å². The Balaban J connectivity index is 2.30. The average molecular weight is 351 g/mol. The van der Waals surface area contributed by atoms with Gasteiger partial charge in [-0.15, -0.1) is 0 Å². The van der Waals surface area contributed by atoms with Crippen molar-refractivity contribution in [3.8, 4) is 5.75 Å². The number of carbonyl (C=O) groups is 2. The van der Waals surface area contributed by atoms with Crippen molar-refractivity contribution < 1.29 is 23.8 Å². The topological polar surface area (TPSA) is 87.9 Å². The molecule has 0 aromatic heterocycles. The quantitative estimate of drug-likeness (QED) is 0.269. The van der Waals surface area contributed by atoms with Gasteiger partial charge in [0.25, 0.3) is 0 Å². The van der Waals surface area contributed by atoms with Crippen LogP contribution in [0, 0.1) is 0 Å². The fourth-order valence-corrected chi connectivity index (χ4v) is 2.44. The van der Waals surface area contributed by atoms with Gasteiger partial charge in [-0.05, 0) is 18.6 Å². The van der Waals surface area contributed by atoms with E-state index in [9.17, 15) is 9.59 Å². The van der Waals surface area contributed by atoms with Gasteiger partial charge in [0, 0.05) is 0 Å². The number of rotatable bonds is 11. The molecular weight excluding hydrogens is 322 g/mol. The van der Waals surface area contributed by atoms with Crippen LogP contribution >= 0.6 is 0 Å². The molecule has 0 saturated carbocycles. The summed E-state index contributed by atoms with van der Waals surface area (Å²) >= 11 is 0. The predicted molar refractivity (Wildman–Crippen MR) is 96.8 cm³/mol. The number of hydrogen-bond acceptors (Lipinski definition) is 6. The van der Waals surface area contributed by atoms with E-state index < -0.39 is 12.1 Å². The van der Waals surface area contributed by atoms with Gasteiger partial charge in [-0.1, -0.05) is 57.9 Å². The number of hydrogen-bond donors (Lipinski definition) is 1. The van der Waals surface area contributed by atoms with Crippen molar-refractivity contribution in [3.63, 3.8) is 0 Å². The Bertz CT molecular complexity index is 545. The summed E-state index contributed by atoms with van der Waals surface area (Å²) in [5, 5.41) is 0. The van der Waals surface area contributed by atoms with Gasteiger partial charge in [0.15, 0.2) is 5.75 Å². The highest BCUT2D eigenvalue weighted by molar-refractivity contribution is 5.95. The van der Waals surface area contributed by atoms with Gasteiger partial charge in [0.05, 0.1) is 19.4 Å². The first kappa shape index (κ1) is 20.8. The SMILES string of the molecule is CCCCCCCCCCOC(=O)Oc1c(N)cccc1C(=O)OC. The van der Waals surface area contributed by atoms with Crippen LogP contribution in [-0.2, 0) is 9.47 Å². The monoisotopic (exact) mass is 351 g/mol. The Morgan fingerprint density at radius 2 is 1.64 bits per heavy atom. The minimum Gasteiger partial charge on any atom is -0.465 e. The minimum absolute atomic E-state index is 0.0322. The molecule has 0 amide bonds. The van der Waals surface area contributed by atoms with E-state index in [4.69, 9.17) is 15.2 Å². The Labute approximate surface area is 149 Å². The third-order valence-electron chi connectivity index (χ3n) is 3.85. The predicted octanol–water partition coefficient (Wildman–Crippen LogP) is 4.71. The second-order valence-corrected chi connectivity index (χ2v) is 5.89. The summed E-state index contributed by atoms with van der Waals surface area (Å²) in [4.78, 5) is 23.5. The van der Waals surface area contributed by atoms with E-state index in [2.05, 4.69) is 11.7 Å². The van der Waals surface area contributed by atoms with E-state index in [-0.39, 0.29) is 23.6 Å². The highest BCUT2D eigenvalue weighted by Gasteiger charge is 2.19. The van der Waals surface area contributed by atoms with Crippen LogP contribution in [0.25, 0.3) is 0 Å². The number of nitrogen functional groups attached to an aromatic ring is 1. The Kier molecular flexibility index (Phi) is 10.1. The van der Waals surface area contributed by atoms with E-state index >= 15 is 0 Å². The molecule has 0 spiro atoms. The maximum absolute atomic E-state index is 11.8. The van der Waals surface area contributed by atoms with Crippen LogP contribution in [0.2, 0.25) is 0 Å². The highest BCUT2D eigenvalue weighted by Crippen LogP contribution is 2.27. The van der Waals surface area contributed by atoms with Gasteiger partial charge in [-0.2, -0.15) is 0 Å². The molecule has 1 aromatic rings. The van der Waals surface area contributed by atoms with Crippen molar-refractivity contribution in [2.75, 3.05) is 19.5 Å². The molecule has 2 N–H and O–H groups in total. The molecule has 1 aromatic carbocycles. The zero-order valence-corrected chi connectivity index (χ0v) is 15.2. The summed E-state index contributed by atoms with van der Waals surface area (Å²) in [6, 6.07) is 4.59. The first-order valence-corrected chi connectivity index (χ1v) is 8.91. The standard InChI is InChI=1S/C19H29NO5/c1-3-4-5-6-7-8-9-10-14-24-19(22)25-17-15(18(21)23-2)12-11-13-16(17)20/h11-13H,3-10,14,20H2,1-2H3. The summed E-state index contributed by atoms with van der Waals surface area (Å²) in [6.07, 6.45) is 8.39. The van der Waals surface area contributed by atoms with E-state index in [0.29, 0.717) is 0 Å². The van der Waals surface area contributed by atoms with Crippen LogP contribution in [0.15, 0.2) is 18.2 Å². The van der Waals surface area contributed by atoms with Crippen molar-refractivity contribution in [1.82, 2.24) is 0 Å². The molecule has 140 valence electrons. The zero-order valence-electron chi connectivity index (χ0n) is 15.2.